The molecule has 1 amide bonds. The molecule has 0 radical (unpaired) electrons. The molecule has 0 saturated heterocycles. The molecule has 7 heteroatoms. The van der Waals surface area contributed by atoms with Gasteiger partial charge in [0.05, 0.1) is 5.02 Å². The Hall–Kier alpha value is -1.34. The zero-order chi connectivity index (χ0) is 20.9. The number of thiophene rings is 2. The van der Waals surface area contributed by atoms with E-state index in [1.54, 1.807) is 11.3 Å². The van der Waals surface area contributed by atoms with Crippen LogP contribution >= 0.6 is 46.0 Å². The van der Waals surface area contributed by atoms with E-state index in [9.17, 15) is 4.79 Å². The molecule has 2 aromatic heterocycles. The Morgan fingerprint density at radius 1 is 1.06 bits per heavy atom. The number of nitrogens with zero attached hydrogens (tertiary/aromatic N) is 1. The number of rotatable bonds is 3. The quantitative estimate of drug-likeness (QED) is 0.409. The second-order valence-corrected chi connectivity index (χ2v) is 12.3. The predicted molar refractivity (Wildman–Crippen MR) is 136 cm³/mol. The second kappa shape index (κ2) is 8.22. The van der Waals surface area contributed by atoms with Crippen molar-refractivity contribution in [3.8, 4) is 0 Å². The Morgan fingerprint density at radius 3 is 2.77 bits per heavy atom. The van der Waals surface area contributed by atoms with E-state index < -0.39 is 0 Å². The van der Waals surface area contributed by atoms with Crippen LogP contribution in [0.3, 0.4) is 0 Å². The van der Waals surface area contributed by atoms with Crippen molar-refractivity contribution in [2.24, 2.45) is 4.99 Å². The molecule has 1 N–H and O–H groups in total. The molecule has 0 spiro atoms. The lowest BCUT2D eigenvalue weighted by Gasteiger charge is -2.19. The Balaban J connectivity index is 1.37. The number of aliphatic imine (C=N–C) groups is 1. The first-order chi connectivity index (χ1) is 15.2. The molecular weight excluding hydrogens is 464 g/mol. The lowest BCUT2D eigenvalue weighted by atomic mass is 9.95. The molecule has 2 unspecified atom stereocenters. The minimum Gasteiger partial charge on any atom is -0.312 e. The molecule has 1 fully saturated rings. The maximum Gasteiger partial charge on any atom is 0.267 e. The fourth-order valence-corrected chi connectivity index (χ4v) is 9.34. The lowest BCUT2D eigenvalue weighted by Crippen LogP contribution is -2.17. The minimum atomic E-state index is -0.0980. The molecular formula is C24H23ClN2OS3. The highest BCUT2D eigenvalue weighted by molar-refractivity contribution is 8.01. The van der Waals surface area contributed by atoms with Gasteiger partial charge in [-0.2, -0.15) is 0 Å². The number of anilines is 1. The van der Waals surface area contributed by atoms with Crippen LogP contribution in [0.2, 0.25) is 5.02 Å². The van der Waals surface area contributed by atoms with Crippen molar-refractivity contribution in [1.82, 2.24) is 0 Å². The van der Waals surface area contributed by atoms with Crippen molar-refractivity contribution in [1.29, 1.82) is 0 Å². The largest absolute Gasteiger partial charge is 0.312 e. The normalized spacial score (nSPS) is 22.8. The van der Waals surface area contributed by atoms with Crippen LogP contribution in [0.25, 0.3) is 10.1 Å². The maximum absolute atomic E-state index is 13.3. The maximum atomic E-state index is 13.3. The standard InChI is InChI=1S/C24H23ClN2OS3/c25-20-14-8-2-5-11-17(14)29-21(20)22(28)27-24-19(13-7-1-4-10-16(13)30-24)23-26-15-9-3-6-12-18(15)31-23/h2,5,8,11,18,23H,1,3-4,6-7,9-10,12H2,(H,27,28). The zero-order valence-corrected chi connectivity index (χ0v) is 20.3. The molecule has 3 aromatic rings. The van der Waals surface area contributed by atoms with Gasteiger partial charge >= 0.3 is 0 Å². The summed E-state index contributed by atoms with van der Waals surface area (Å²) in [6, 6.07) is 7.94. The molecule has 1 aromatic carbocycles. The molecule has 31 heavy (non-hydrogen) atoms. The van der Waals surface area contributed by atoms with E-state index in [4.69, 9.17) is 16.6 Å². The van der Waals surface area contributed by atoms with Crippen LogP contribution in [0, 0.1) is 0 Å². The highest BCUT2D eigenvalue weighted by Crippen LogP contribution is 2.52. The van der Waals surface area contributed by atoms with Crippen molar-refractivity contribution < 1.29 is 4.79 Å². The number of fused-ring (bicyclic) bond motifs is 3. The third-order valence-electron chi connectivity index (χ3n) is 6.52. The van der Waals surface area contributed by atoms with E-state index in [0.717, 1.165) is 34.3 Å². The Morgan fingerprint density at radius 2 is 1.90 bits per heavy atom. The van der Waals surface area contributed by atoms with Gasteiger partial charge in [0, 0.05) is 31.5 Å². The summed E-state index contributed by atoms with van der Waals surface area (Å²) in [7, 11) is 0. The molecule has 6 rings (SSSR count). The van der Waals surface area contributed by atoms with Crippen LogP contribution in [-0.2, 0) is 12.8 Å². The topological polar surface area (TPSA) is 41.5 Å². The number of carbonyl (C=O) groups is 1. The highest BCUT2D eigenvalue weighted by Gasteiger charge is 2.36. The van der Waals surface area contributed by atoms with Crippen molar-refractivity contribution in [3.05, 3.63) is 50.2 Å². The summed E-state index contributed by atoms with van der Waals surface area (Å²) in [5.41, 5.74) is 4.12. The van der Waals surface area contributed by atoms with Crippen LogP contribution in [0.5, 0.6) is 0 Å². The number of thioether (sulfide) groups is 1. The smallest absolute Gasteiger partial charge is 0.267 e. The van der Waals surface area contributed by atoms with E-state index in [2.05, 4.69) is 5.32 Å². The van der Waals surface area contributed by atoms with Gasteiger partial charge in [0.2, 0.25) is 0 Å². The molecule has 3 heterocycles. The van der Waals surface area contributed by atoms with E-state index in [1.165, 1.54) is 65.2 Å². The van der Waals surface area contributed by atoms with Gasteiger partial charge in [0.25, 0.3) is 5.91 Å². The number of aryl methyl sites for hydroxylation is 1. The second-order valence-electron chi connectivity index (χ2n) is 8.49. The van der Waals surface area contributed by atoms with Crippen LogP contribution < -0.4 is 5.32 Å². The summed E-state index contributed by atoms with van der Waals surface area (Å²) in [5.74, 6) is -0.0980. The van der Waals surface area contributed by atoms with E-state index in [1.807, 2.05) is 36.0 Å². The van der Waals surface area contributed by atoms with Crippen LogP contribution in [0.1, 0.15) is 69.6 Å². The monoisotopic (exact) mass is 486 g/mol. The van der Waals surface area contributed by atoms with E-state index in [0.29, 0.717) is 15.1 Å². The third-order valence-corrected chi connectivity index (χ3v) is 10.9. The van der Waals surface area contributed by atoms with Crippen LogP contribution in [0.4, 0.5) is 5.00 Å². The summed E-state index contributed by atoms with van der Waals surface area (Å²) >= 11 is 11.8. The van der Waals surface area contributed by atoms with Crippen molar-refractivity contribution in [2.75, 3.05) is 5.32 Å². The van der Waals surface area contributed by atoms with Gasteiger partial charge in [-0.3, -0.25) is 9.79 Å². The Kier molecular flexibility index (Phi) is 5.37. The minimum absolute atomic E-state index is 0.0980. The van der Waals surface area contributed by atoms with Gasteiger partial charge in [-0.05, 0) is 56.6 Å². The van der Waals surface area contributed by atoms with E-state index >= 15 is 0 Å². The van der Waals surface area contributed by atoms with Gasteiger partial charge in [-0.15, -0.1) is 34.4 Å². The number of halogens is 1. The first-order valence-electron chi connectivity index (χ1n) is 11.0. The predicted octanol–water partition coefficient (Wildman–Crippen LogP) is 7.88. The van der Waals surface area contributed by atoms with Gasteiger partial charge in [0.1, 0.15) is 15.3 Å². The van der Waals surface area contributed by atoms with Gasteiger partial charge in [-0.1, -0.05) is 36.2 Å². The van der Waals surface area contributed by atoms with E-state index in [-0.39, 0.29) is 11.3 Å². The molecule has 2 aliphatic carbocycles. The zero-order valence-electron chi connectivity index (χ0n) is 17.1. The summed E-state index contributed by atoms with van der Waals surface area (Å²) in [4.78, 5) is 20.5. The molecule has 3 aliphatic rings. The number of nitrogens with one attached hydrogen (secondary N) is 1. The molecule has 0 bridgehead atoms. The number of amides is 1. The van der Waals surface area contributed by atoms with Crippen molar-refractivity contribution in [3.63, 3.8) is 0 Å². The molecule has 3 nitrogen and oxygen atoms in total. The van der Waals surface area contributed by atoms with Gasteiger partial charge in [0.15, 0.2) is 0 Å². The number of hydrogen-bond acceptors (Lipinski definition) is 5. The first kappa shape index (κ1) is 20.3. The molecule has 1 aliphatic heterocycles. The average molecular weight is 487 g/mol. The first-order valence-corrected chi connectivity index (χ1v) is 14.0. The van der Waals surface area contributed by atoms with Crippen molar-refractivity contribution >= 4 is 72.7 Å². The lowest BCUT2D eigenvalue weighted by molar-refractivity contribution is 0.103. The van der Waals surface area contributed by atoms with Crippen LogP contribution in [-0.4, -0.2) is 16.9 Å². The Labute approximate surface area is 199 Å². The fraction of sp³-hybridized carbons (Fsp3) is 0.417. The molecule has 160 valence electrons. The molecule has 1 saturated carbocycles. The summed E-state index contributed by atoms with van der Waals surface area (Å²) < 4.78 is 1.05. The highest BCUT2D eigenvalue weighted by atomic mass is 35.5. The summed E-state index contributed by atoms with van der Waals surface area (Å²) in [6.07, 6.45) is 9.63. The number of carbonyl (C=O) groups excluding carboxylic acids is 1. The third kappa shape index (κ3) is 3.56. The summed E-state index contributed by atoms with van der Waals surface area (Å²) in [6.45, 7) is 0. The fourth-order valence-electron chi connectivity index (χ4n) is 4.99. The van der Waals surface area contributed by atoms with Crippen LogP contribution in [0.15, 0.2) is 29.3 Å². The number of hydrogen-bond donors (Lipinski definition) is 1. The summed E-state index contributed by atoms with van der Waals surface area (Å²) in [5, 5.41) is 6.46. The average Bonchev–Trinajstić information content (AvgIpc) is 3.46. The van der Waals surface area contributed by atoms with Crippen molar-refractivity contribution in [2.45, 2.75) is 62.0 Å². The number of benzene rings is 1. The SMILES string of the molecule is O=C(Nc1sc2c(c1C1N=C3CCCCC3S1)CCCC2)c1sc2ccccc2c1Cl. The Bertz CT molecular complexity index is 1210. The molecule has 2 atom stereocenters. The van der Waals surface area contributed by atoms with Gasteiger partial charge < -0.3 is 5.32 Å². The van der Waals surface area contributed by atoms with Gasteiger partial charge in [-0.25, -0.2) is 0 Å².